The van der Waals surface area contributed by atoms with Gasteiger partial charge in [0.05, 0.1) is 0 Å². The molecule has 2 nitrogen and oxygen atoms in total. The first-order valence-electron chi connectivity index (χ1n) is 5.57. The molecule has 2 aromatic rings. The van der Waals surface area contributed by atoms with Crippen molar-refractivity contribution >= 4 is 23.1 Å². The third-order valence-electron chi connectivity index (χ3n) is 2.40. The molecule has 1 atom stereocenters. The summed E-state index contributed by atoms with van der Waals surface area (Å²) in [5, 5.41) is 2.00. The Bertz CT molecular complexity index is 478. The number of benzene rings is 1. The number of aryl methyl sites for hydroxylation is 1. The largest absolute Gasteiger partial charge is 0.328 e. The normalized spacial score (nSPS) is 12.6. The first kappa shape index (κ1) is 12.6. The second-order valence-corrected chi connectivity index (χ2v) is 6.36. The smallest absolute Gasteiger partial charge is 0.154 e. The van der Waals surface area contributed by atoms with Gasteiger partial charge in [-0.15, -0.1) is 11.3 Å². The van der Waals surface area contributed by atoms with Gasteiger partial charge in [-0.2, -0.15) is 0 Å². The van der Waals surface area contributed by atoms with Gasteiger partial charge in [-0.1, -0.05) is 23.9 Å². The van der Waals surface area contributed by atoms with Crippen molar-refractivity contribution in [1.29, 1.82) is 0 Å². The van der Waals surface area contributed by atoms with E-state index in [1.807, 2.05) is 18.5 Å². The summed E-state index contributed by atoms with van der Waals surface area (Å²) >= 11 is 3.40. The minimum Gasteiger partial charge on any atom is -0.328 e. The molecule has 0 saturated carbocycles. The summed E-state index contributed by atoms with van der Waals surface area (Å²) in [6.45, 7) is 4.17. The fraction of sp³-hybridized carbons (Fsp3) is 0.308. The zero-order valence-electron chi connectivity index (χ0n) is 10.0. The molecule has 90 valence electrons. The van der Waals surface area contributed by atoms with Gasteiger partial charge in [0.15, 0.2) is 4.34 Å². The van der Waals surface area contributed by atoms with Crippen molar-refractivity contribution in [2.45, 2.75) is 35.5 Å². The molecule has 0 aliphatic carbocycles. The van der Waals surface area contributed by atoms with Gasteiger partial charge in [0.25, 0.3) is 0 Å². The number of thiazole rings is 1. The summed E-state index contributed by atoms with van der Waals surface area (Å²) in [4.78, 5) is 5.56. The highest BCUT2D eigenvalue weighted by Crippen LogP contribution is 2.31. The van der Waals surface area contributed by atoms with Gasteiger partial charge < -0.3 is 5.73 Å². The second-order valence-electron chi connectivity index (χ2n) is 4.18. The molecule has 1 aromatic heterocycles. The van der Waals surface area contributed by atoms with Gasteiger partial charge in [-0.3, -0.25) is 0 Å². The Morgan fingerprint density at radius 1 is 1.47 bits per heavy atom. The molecule has 2 N–H and O–H groups in total. The van der Waals surface area contributed by atoms with Crippen LogP contribution in [0.2, 0.25) is 0 Å². The quantitative estimate of drug-likeness (QED) is 0.918. The monoisotopic (exact) mass is 264 g/mol. The van der Waals surface area contributed by atoms with Crippen molar-refractivity contribution in [3.8, 4) is 0 Å². The average Bonchev–Trinajstić information content (AvgIpc) is 2.74. The maximum absolute atomic E-state index is 5.81. The van der Waals surface area contributed by atoms with Gasteiger partial charge in [0.2, 0.25) is 0 Å². The predicted octanol–water partition coefficient (Wildman–Crippen LogP) is 3.49. The topological polar surface area (TPSA) is 38.9 Å². The highest BCUT2D eigenvalue weighted by molar-refractivity contribution is 8.01. The lowest BCUT2D eigenvalue weighted by Crippen LogP contribution is -2.17. The Kier molecular flexibility index (Phi) is 4.20. The fourth-order valence-electron chi connectivity index (χ4n) is 1.68. The minimum absolute atomic E-state index is 0.215. The van der Waals surface area contributed by atoms with Gasteiger partial charge >= 0.3 is 0 Å². The molecule has 0 bridgehead atoms. The molecule has 0 radical (unpaired) electrons. The van der Waals surface area contributed by atoms with Crippen LogP contribution in [0.1, 0.15) is 18.1 Å². The number of nitrogens with zero attached hydrogens (tertiary/aromatic N) is 1. The average molecular weight is 264 g/mol. The maximum atomic E-state index is 5.81. The first-order chi connectivity index (χ1) is 8.15. The SMILES string of the molecule is Cc1cc(CC(C)N)ccc1Sc1nccs1. The number of nitrogens with two attached hydrogens (primary N) is 1. The van der Waals surface area contributed by atoms with E-state index in [0.717, 1.165) is 10.8 Å². The molecule has 1 unspecified atom stereocenters. The lowest BCUT2D eigenvalue weighted by molar-refractivity contribution is 0.737. The second kappa shape index (κ2) is 5.67. The summed E-state index contributed by atoms with van der Waals surface area (Å²) < 4.78 is 1.09. The van der Waals surface area contributed by atoms with E-state index < -0.39 is 0 Å². The highest BCUT2D eigenvalue weighted by Gasteiger charge is 2.05. The zero-order valence-corrected chi connectivity index (χ0v) is 11.6. The van der Waals surface area contributed by atoms with Crippen molar-refractivity contribution < 1.29 is 0 Å². The van der Waals surface area contributed by atoms with E-state index >= 15 is 0 Å². The molecule has 0 amide bonds. The molecule has 1 aromatic carbocycles. The van der Waals surface area contributed by atoms with Crippen molar-refractivity contribution in [1.82, 2.24) is 4.98 Å². The molecule has 0 saturated heterocycles. The van der Waals surface area contributed by atoms with Crippen LogP contribution in [0.15, 0.2) is 39.0 Å². The van der Waals surface area contributed by atoms with Crippen LogP contribution in [0.3, 0.4) is 0 Å². The van der Waals surface area contributed by atoms with Gasteiger partial charge in [0, 0.05) is 22.5 Å². The summed E-state index contributed by atoms with van der Waals surface area (Å²) in [7, 11) is 0. The third-order valence-corrected chi connectivity index (χ3v) is 4.47. The number of aromatic nitrogens is 1. The number of hydrogen-bond donors (Lipinski definition) is 1. The molecular weight excluding hydrogens is 248 g/mol. The zero-order chi connectivity index (χ0) is 12.3. The maximum Gasteiger partial charge on any atom is 0.154 e. The molecule has 0 aliphatic heterocycles. The minimum atomic E-state index is 0.215. The Hall–Kier alpha value is -0.840. The Labute approximate surface area is 110 Å². The van der Waals surface area contributed by atoms with E-state index in [4.69, 9.17) is 5.73 Å². The fourth-order valence-corrected chi connectivity index (χ4v) is 3.33. The molecular formula is C13H16N2S2. The van der Waals surface area contributed by atoms with E-state index in [1.165, 1.54) is 16.0 Å². The summed E-state index contributed by atoms with van der Waals surface area (Å²) in [6, 6.07) is 6.76. The van der Waals surface area contributed by atoms with Crippen molar-refractivity contribution in [3.05, 3.63) is 40.9 Å². The standard InChI is InChI=1S/C13H16N2S2/c1-9-7-11(8-10(2)14)3-4-12(9)17-13-15-5-6-16-13/h3-7,10H,8,14H2,1-2H3. The van der Waals surface area contributed by atoms with E-state index in [0.29, 0.717) is 0 Å². The van der Waals surface area contributed by atoms with E-state index in [9.17, 15) is 0 Å². The first-order valence-corrected chi connectivity index (χ1v) is 7.27. The van der Waals surface area contributed by atoms with Crippen molar-refractivity contribution in [3.63, 3.8) is 0 Å². The summed E-state index contributed by atoms with van der Waals surface area (Å²) in [5.74, 6) is 0. The van der Waals surface area contributed by atoms with Crippen LogP contribution in [-0.4, -0.2) is 11.0 Å². The van der Waals surface area contributed by atoms with E-state index in [2.05, 4.69) is 30.1 Å². The van der Waals surface area contributed by atoms with Crippen LogP contribution in [0.5, 0.6) is 0 Å². The van der Waals surface area contributed by atoms with Gasteiger partial charge in [0.1, 0.15) is 0 Å². The van der Waals surface area contributed by atoms with E-state index in [1.54, 1.807) is 23.1 Å². The van der Waals surface area contributed by atoms with Crippen molar-refractivity contribution in [2.24, 2.45) is 5.73 Å². The third kappa shape index (κ3) is 3.56. The Morgan fingerprint density at radius 3 is 2.88 bits per heavy atom. The molecule has 0 aliphatic rings. The Balaban J connectivity index is 2.14. The lowest BCUT2D eigenvalue weighted by Gasteiger charge is -2.09. The van der Waals surface area contributed by atoms with Crippen LogP contribution in [0.25, 0.3) is 0 Å². The van der Waals surface area contributed by atoms with E-state index in [-0.39, 0.29) is 6.04 Å². The molecule has 2 rings (SSSR count). The lowest BCUT2D eigenvalue weighted by atomic mass is 10.1. The number of rotatable bonds is 4. The molecule has 17 heavy (non-hydrogen) atoms. The van der Waals surface area contributed by atoms with Crippen LogP contribution < -0.4 is 5.73 Å². The van der Waals surface area contributed by atoms with Gasteiger partial charge in [-0.05, 0) is 37.5 Å². The van der Waals surface area contributed by atoms with Crippen LogP contribution in [0, 0.1) is 6.92 Å². The van der Waals surface area contributed by atoms with Crippen LogP contribution in [-0.2, 0) is 6.42 Å². The van der Waals surface area contributed by atoms with Crippen LogP contribution >= 0.6 is 23.1 Å². The predicted molar refractivity (Wildman–Crippen MR) is 74.8 cm³/mol. The summed E-state index contributed by atoms with van der Waals surface area (Å²) in [5.41, 5.74) is 8.41. The van der Waals surface area contributed by atoms with Crippen molar-refractivity contribution in [2.75, 3.05) is 0 Å². The summed E-state index contributed by atoms with van der Waals surface area (Å²) in [6.07, 6.45) is 2.77. The molecule has 0 spiro atoms. The van der Waals surface area contributed by atoms with Gasteiger partial charge in [-0.25, -0.2) is 4.98 Å². The number of hydrogen-bond acceptors (Lipinski definition) is 4. The molecule has 4 heteroatoms. The van der Waals surface area contributed by atoms with Crippen LogP contribution in [0.4, 0.5) is 0 Å². The molecule has 0 fully saturated rings. The molecule has 1 heterocycles. The Morgan fingerprint density at radius 2 is 2.29 bits per heavy atom. The highest BCUT2D eigenvalue weighted by atomic mass is 32.2.